The molecule has 0 amide bonds. The third-order valence-electron chi connectivity index (χ3n) is 5.37. The monoisotopic (exact) mass is 204 g/mol. The lowest BCUT2D eigenvalue weighted by atomic mass is 9.68. The van der Waals surface area contributed by atoms with Gasteiger partial charge >= 0.3 is 0 Å². The van der Waals surface area contributed by atoms with Gasteiger partial charge in [-0.1, -0.05) is 19.1 Å². The zero-order valence-electron chi connectivity index (χ0n) is 9.65. The highest BCUT2D eigenvalue weighted by Crippen LogP contribution is 2.61. The third-order valence-corrected chi connectivity index (χ3v) is 5.37. The van der Waals surface area contributed by atoms with E-state index in [1.54, 1.807) is 6.92 Å². The molecule has 0 aromatic carbocycles. The number of allylic oxidation sites excluding steroid dienone is 2. The highest BCUT2D eigenvalue weighted by Gasteiger charge is 2.57. The quantitative estimate of drug-likeness (QED) is 0.600. The summed E-state index contributed by atoms with van der Waals surface area (Å²) in [4.78, 5) is 11.6. The fourth-order valence-electron chi connectivity index (χ4n) is 4.80. The number of carbonyl (C=O) groups is 1. The van der Waals surface area contributed by atoms with Crippen molar-refractivity contribution in [2.24, 2.45) is 35.5 Å². The average Bonchev–Trinajstić information content (AvgIpc) is 2.70. The Balaban J connectivity index is 1.91. The number of carbonyl (C=O) groups excluding carboxylic acids is 1. The van der Waals surface area contributed by atoms with E-state index in [1.807, 2.05) is 0 Å². The molecule has 1 heteroatoms. The molecule has 2 bridgehead atoms. The number of hydrogen-bond acceptors (Lipinski definition) is 1. The van der Waals surface area contributed by atoms with Crippen LogP contribution < -0.4 is 0 Å². The van der Waals surface area contributed by atoms with Crippen LogP contribution in [-0.4, -0.2) is 5.78 Å². The van der Waals surface area contributed by atoms with Gasteiger partial charge in [-0.15, -0.1) is 0 Å². The first-order chi connectivity index (χ1) is 7.20. The minimum absolute atomic E-state index is 0.401. The van der Waals surface area contributed by atoms with E-state index < -0.39 is 0 Å². The molecule has 0 aliphatic heterocycles. The first kappa shape index (κ1) is 9.62. The first-order valence-corrected chi connectivity index (χ1v) is 6.35. The van der Waals surface area contributed by atoms with Crippen LogP contribution in [0.3, 0.4) is 0 Å². The van der Waals surface area contributed by atoms with Crippen molar-refractivity contribution in [3.63, 3.8) is 0 Å². The van der Waals surface area contributed by atoms with E-state index in [2.05, 4.69) is 19.1 Å². The van der Waals surface area contributed by atoms with Crippen LogP contribution in [0.2, 0.25) is 0 Å². The minimum Gasteiger partial charge on any atom is -0.300 e. The second-order valence-electron chi connectivity index (χ2n) is 5.82. The smallest absolute Gasteiger partial charge is 0.133 e. The van der Waals surface area contributed by atoms with Crippen LogP contribution in [0.4, 0.5) is 0 Å². The predicted octanol–water partition coefficient (Wildman–Crippen LogP) is 3.06. The lowest BCUT2D eigenvalue weighted by Gasteiger charge is -2.35. The number of hydrogen-bond donors (Lipinski definition) is 0. The summed E-state index contributed by atoms with van der Waals surface area (Å²) in [5.74, 6) is 4.94. The molecule has 3 rings (SSSR count). The lowest BCUT2D eigenvalue weighted by Crippen LogP contribution is -2.32. The summed E-state index contributed by atoms with van der Waals surface area (Å²) in [6.07, 6.45) is 8.40. The maximum Gasteiger partial charge on any atom is 0.133 e. The van der Waals surface area contributed by atoms with E-state index in [9.17, 15) is 4.79 Å². The van der Waals surface area contributed by atoms with Crippen LogP contribution in [-0.2, 0) is 4.79 Å². The molecule has 15 heavy (non-hydrogen) atoms. The van der Waals surface area contributed by atoms with Crippen molar-refractivity contribution in [2.45, 2.75) is 33.1 Å². The van der Waals surface area contributed by atoms with E-state index in [1.165, 1.54) is 19.3 Å². The van der Waals surface area contributed by atoms with Crippen LogP contribution in [0, 0.1) is 35.5 Å². The van der Waals surface area contributed by atoms with E-state index in [4.69, 9.17) is 0 Å². The highest BCUT2D eigenvalue weighted by molar-refractivity contribution is 5.79. The second kappa shape index (κ2) is 3.20. The number of rotatable bonds is 1. The molecule has 0 aromatic rings. The van der Waals surface area contributed by atoms with Crippen molar-refractivity contribution < 1.29 is 4.79 Å². The maximum atomic E-state index is 11.6. The van der Waals surface area contributed by atoms with E-state index >= 15 is 0 Å². The standard InChI is InChI=1S/C14H20O/c1-8-12-7-13(9(2)15)14(8)11-6-4-3-5-10(11)12/h3-4,8,10-14H,5-7H2,1-2H3. The Bertz CT molecular complexity index is 317. The van der Waals surface area contributed by atoms with Crippen molar-refractivity contribution in [3.8, 4) is 0 Å². The van der Waals surface area contributed by atoms with Gasteiger partial charge in [0.1, 0.15) is 5.78 Å². The Morgan fingerprint density at radius 1 is 1.13 bits per heavy atom. The molecule has 0 radical (unpaired) electrons. The molecule has 1 nitrogen and oxygen atoms in total. The Morgan fingerprint density at radius 3 is 2.47 bits per heavy atom. The van der Waals surface area contributed by atoms with E-state index in [0.29, 0.717) is 17.6 Å². The van der Waals surface area contributed by atoms with Gasteiger partial charge in [0.25, 0.3) is 0 Å². The summed E-state index contributed by atoms with van der Waals surface area (Å²) < 4.78 is 0. The van der Waals surface area contributed by atoms with Gasteiger partial charge in [-0.2, -0.15) is 0 Å². The predicted molar refractivity (Wildman–Crippen MR) is 60.3 cm³/mol. The zero-order valence-corrected chi connectivity index (χ0v) is 9.65. The fourth-order valence-corrected chi connectivity index (χ4v) is 4.80. The molecule has 2 fully saturated rings. The molecule has 3 aliphatic rings. The van der Waals surface area contributed by atoms with Crippen molar-refractivity contribution >= 4 is 5.78 Å². The van der Waals surface area contributed by atoms with Gasteiger partial charge in [-0.25, -0.2) is 0 Å². The first-order valence-electron chi connectivity index (χ1n) is 6.35. The molecule has 6 unspecified atom stereocenters. The van der Waals surface area contributed by atoms with E-state index in [-0.39, 0.29) is 0 Å². The summed E-state index contributed by atoms with van der Waals surface area (Å²) in [6.45, 7) is 4.18. The highest BCUT2D eigenvalue weighted by atomic mass is 16.1. The van der Waals surface area contributed by atoms with Crippen LogP contribution >= 0.6 is 0 Å². The minimum atomic E-state index is 0.401. The van der Waals surface area contributed by atoms with Gasteiger partial charge in [0.2, 0.25) is 0 Å². The Morgan fingerprint density at radius 2 is 1.80 bits per heavy atom. The molecule has 0 saturated heterocycles. The topological polar surface area (TPSA) is 17.1 Å². The number of fused-ring (bicyclic) bond motifs is 5. The van der Waals surface area contributed by atoms with Crippen LogP contribution in [0.5, 0.6) is 0 Å². The summed E-state index contributed by atoms with van der Waals surface area (Å²) in [5.41, 5.74) is 0. The van der Waals surface area contributed by atoms with E-state index in [0.717, 1.165) is 23.7 Å². The molecule has 0 N–H and O–H groups in total. The van der Waals surface area contributed by atoms with Gasteiger partial charge in [0.05, 0.1) is 0 Å². The molecule has 0 spiro atoms. The average molecular weight is 204 g/mol. The SMILES string of the molecule is CC(=O)C1CC2C(C)C1C1CC=CCC21. The molecule has 0 heterocycles. The molecule has 82 valence electrons. The summed E-state index contributed by atoms with van der Waals surface area (Å²) in [7, 11) is 0. The molecule has 3 aliphatic carbocycles. The summed E-state index contributed by atoms with van der Waals surface area (Å²) >= 11 is 0. The Hall–Kier alpha value is -0.590. The number of Topliss-reactive ketones (excluding diaryl/α,β-unsaturated/α-hetero) is 1. The van der Waals surface area contributed by atoms with Gasteiger partial charge in [-0.05, 0) is 55.8 Å². The largest absolute Gasteiger partial charge is 0.300 e. The van der Waals surface area contributed by atoms with Crippen molar-refractivity contribution in [3.05, 3.63) is 12.2 Å². The Labute approximate surface area is 91.9 Å². The van der Waals surface area contributed by atoms with Crippen LogP contribution in [0.25, 0.3) is 0 Å². The number of ketones is 1. The normalized spacial score (nSPS) is 51.9. The van der Waals surface area contributed by atoms with Gasteiger partial charge < -0.3 is 0 Å². The Kier molecular flexibility index (Phi) is 2.05. The van der Waals surface area contributed by atoms with Crippen molar-refractivity contribution in [1.29, 1.82) is 0 Å². The zero-order chi connectivity index (χ0) is 10.6. The lowest BCUT2D eigenvalue weighted by molar-refractivity contribution is -0.123. The van der Waals surface area contributed by atoms with Crippen molar-refractivity contribution in [1.82, 2.24) is 0 Å². The maximum absolute atomic E-state index is 11.6. The van der Waals surface area contributed by atoms with Gasteiger partial charge in [0.15, 0.2) is 0 Å². The molecular formula is C14H20O. The van der Waals surface area contributed by atoms with Crippen molar-refractivity contribution in [2.75, 3.05) is 0 Å². The van der Waals surface area contributed by atoms with Gasteiger partial charge in [0, 0.05) is 5.92 Å². The molecule has 0 aromatic heterocycles. The van der Waals surface area contributed by atoms with Crippen LogP contribution in [0.15, 0.2) is 12.2 Å². The summed E-state index contributed by atoms with van der Waals surface area (Å²) in [5, 5.41) is 0. The molecule has 2 saturated carbocycles. The van der Waals surface area contributed by atoms with Gasteiger partial charge in [-0.3, -0.25) is 4.79 Å². The molecule has 6 atom stereocenters. The fraction of sp³-hybridized carbons (Fsp3) is 0.786. The molecular weight excluding hydrogens is 184 g/mol. The summed E-state index contributed by atoms with van der Waals surface area (Å²) in [6, 6.07) is 0. The second-order valence-corrected chi connectivity index (χ2v) is 5.82. The third kappa shape index (κ3) is 1.18. The van der Waals surface area contributed by atoms with Crippen LogP contribution in [0.1, 0.15) is 33.1 Å².